The molecule has 3 rings (SSSR count). The number of halogens is 1. The van der Waals surface area contributed by atoms with E-state index in [1.165, 1.54) is 0 Å². The topological polar surface area (TPSA) is 36.3 Å². The third-order valence-corrected chi connectivity index (χ3v) is 4.57. The van der Waals surface area contributed by atoms with Crippen LogP contribution in [0.15, 0.2) is 48.5 Å². The molecule has 1 heterocycles. The molecule has 3 nitrogen and oxygen atoms in total. The molecule has 0 bridgehead atoms. The van der Waals surface area contributed by atoms with Crippen molar-refractivity contribution in [2.75, 3.05) is 19.6 Å². The average molecular weight is 581 g/mol. The monoisotopic (exact) mass is 580 g/mol. The molecule has 0 saturated carbocycles. The van der Waals surface area contributed by atoms with Crippen molar-refractivity contribution in [3.63, 3.8) is 0 Å². The van der Waals surface area contributed by atoms with Crippen LogP contribution < -0.4 is 4.74 Å². The molecule has 1 N–H and O–H groups in total. The van der Waals surface area contributed by atoms with E-state index in [0.29, 0.717) is 5.69 Å². The molecule has 0 unspecified atom stereocenters. The van der Waals surface area contributed by atoms with E-state index >= 15 is 0 Å². The van der Waals surface area contributed by atoms with E-state index in [2.05, 4.69) is 16.7 Å². The van der Waals surface area contributed by atoms with E-state index in [-0.39, 0.29) is 50.2 Å². The van der Waals surface area contributed by atoms with Crippen molar-refractivity contribution in [1.29, 1.82) is 0 Å². The molecule has 1 saturated heterocycles. The molecule has 5 heteroatoms. The van der Waals surface area contributed by atoms with Crippen molar-refractivity contribution in [3.8, 4) is 17.6 Å². The molecule has 1 aliphatic rings. The van der Waals surface area contributed by atoms with Crippen molar-refractivity contribution >= 4 is 17.3 Å². The average Bonchev–Trinajstić information content (AvgIpc) is 2.63. The molecular formula is C21H22AcClN2O-. The number of likely N-dealkylation sites (tertiary alicyclic amines) is 1. The van der Waals surface area contributed by atoms with E-state index in [1.807, 2.05) is 36.4 Å². The number of piperidine rings is 1. The smallest absolute Gasteiger partial charge is 0.119 e. The Morgan fingerprint density at radius 2 is 1.69 bits per heavy atom. The Morgan fingerprint density at radius 3 is 2.35 bits per heavy atom. The first kappa shape index (κ1) is 21.6. The van der Waals surface area contributed by atoms with E-state index in [1.54, 1.807) is 12.1 Å². The van der Waals surface area contributed by atoms with Crippen LogP contribution in [0, 0.1) is 55.9 Å². The number of ether oxygens (including phenoxy) is 1. The molecule has 1 aliphatic heterocycles. The first-order valence-corrected chi connectivity index (χ1v) is 9.02. The summed E-state index contributed by atoms with van der Waals surface area (Å²) in [5, 5.41) is 0.735. The number of hydrogen-bond acceptors (Lipinski definition) is 2. The molecule has 2 aromatic rings. The van der Waals surface area contributed by atoms with Gasteiger partial charge in [-0.2, -0.15) is 0 Å². The quantitative estimate of drug-likeness (QED) is 0.460. The van der Waals surface area contributed by atoms with E-state index in [0.717, 1.165) is 55.2 Å². The molecule has 2 aromatic carbocycles. The van der Waals surface area contributed by atoms with Gasteiger partial charge in [0.1, 0.15) is 11.9 Å². The summed E-state index contributed by atoms with van der Waals surface area (Å²) in [4.78, 5) is 2.45. The van der Waals surface area contributed by atoms with Crippen LogP contribution in [0.25, 0.3) is 5.73 Å². The number of nitrogens with one attached hydrogen (secondary N) is 1. The third-order valence-electron chi connectivity index (χ3n) is 4.32. The maximum atomic E-state index is 7.46. The molecule has 0 aromatic heterocycles. The van der Waals surface area contributed by atoms with E-state index in [9.17, 15) is 0 Å². The summed E-state index contributed by atoms with van der Waals surface area (Å²) in [6.45, 7) is 3.10. The summed E-state index contributed by atoms with van der Waals surface area (Å²) in [5.74, 6) is 7.29. The Labute approximate surface area is 196 Å². The number of rotatable bonds is 4. The van der Waals surface area contributed by atoms with Crippen LogP contribution in [0.1, 0.15) is 24.8 Å². The first-order chi connectivity index (χ1) is 12.2. The van der Waals surface area contributed by atoms with Crippen molar-refractivity contribution in [3.05, 3.63) is 64.9 Å². The zero-order valence-corrected chi connectivity index (χ0v) is 20.3. The van der Waals surface area contributed by atoms with Crippen molar-refractivity contribution in [2.45, 2.75) is 25.4 Å². The van der Waals surface area contributed by atoms with Gasteiger partial charge in [0, 0.05) is 80.7 Å². The van der Waals surface area contributed by atoms with Gasteiger partial charge in [0.2, 0.25) is 0 Å². The van der Waals surface area contributed by atoms with Crippen LogP contribution in [0.3, 0.4) is 0 Å². The normalized spacial score (nSPS) is 14.8. The SMILES string of the molecule is [Ac].[NH-]c1ccc(C#CCCN2CCC(Oc3ccc(Cl)cc3)CC2)cc1. The molecule has 1 fully saturated rings. The molecule has 26 heavy (non-hydrogen) atoms. The Kier molecular flexibility index (Phi) is 9.31. The van der Waals surface area contributed by atoms with Crippen LogP contribution in [0.4, 0.5) is 5.69 Å². The third kappa shape index (κ3) is 7.13. The molecular weight excluding hydrogens is 559 g/mol. The zero-order chi connectivity index (χ0) is 17.5. The maximum absolute atomic E-state index is 7.46. The fraction of sp³-hybridized carbons (Fsp3) is 0.333. The number of hydrogen-bond donors (Lipinski definition) is 0. The minimum atomic E-state index is 0. The van der Waals surface area contributed by atoms with Crippen LogP contribution in [0.5, 0.6) is 5.75 Å². The zero-order valence-electron chi connectivity index (χ0n) is 14.7. The molecule has 0 aliphatic carbocycles. The predicted molar refractivity (Wildman–Crippen MR) is 103 cm³/mol. The van der Waals surface area contributed by atoms with Gasteiger partial charge in [-0.3, -0.25) is 0 Å². The minimum absolute atomic E-state index is 0. The summed E-state index contributed by atoms with van der Waals surface area (Å²) in [5.41, 5.74) is 8.96. The van der Waals surface area contributed by atoms with E-state index in [4.69, 9.17) is 22.1 Å². The second kappa shape index (κ2) is 11.2. The van der Waals surface area contributed by atoms with Gasteiger partial charge in [0.15, 0.2) is 0 Å². The number of benzene rings is 2. The van der Waals surface area contributed by atoms with Crippen molar-refractivity contribution in [1.82, 2.24) is 4.90 Å². The fourth-order valence-corrected chi connectivity index (χ4v) is 3.01. The summed E-state index contributed by atoms with van der Waals surface area (Å²) < 4.78 is 6.02. The molecule has 133 valence electrons. The summed E-state index contributed by atoms with van der Waals surface area (Å²) in [6, 6.07) is 14.9. The van der Waals surface area contributed by atoms with Crippen LogP contribution in [0.2, 0.25) is 5.02 Å². The van der Waals surface area contributed by atoms with Gasteiger partial charge in [-0.1, -0.05) is 35.6 Å². The molecule has 1 radical (unpaired) electrons. The van der Waals surface area contributed by atoms with Crippen LogP contribution in [-0.2, 0) is 0 Å². The van der Waals surface area contributed by atoms with Gasteiger partial charge >= 0.3 is 0 Å². The Hall–Kier alpha value is -0.708. The minimum Gasteiger partial charge on any atom is -0.699 e. The molecule has 0 atom stereocenters. The van der Waals surface area contributed by atoms with Gasteiger partial charge in [-0.25, -0.2) is 0 Å². The van der Waals surface area contributed by atoms with Gasteiger partial charge in [-0.05, 0) is 49.2 Å². The van der Waals surface area contributed by atoms with E-state index < -0.39 is 0 Å². The Balaban J connectivity index is 0.00000243. The van der Waals surface area contributed by atoms with Crippen LogP contribution in [-0.4, -0.2) is 30.6 Å². The molecule has 0 spiro atoms. The second-order valence-electron chi connectivity index (χ2n) is 6.24. The summed E-state index contributed by atoms with van der Waals surface area (Å²) >= 11 is 5.90. The predicted octanol–water partition coefficient (Wildman–Crippen LogP) is 5.31. The van der Waals surface area contributed by atoms with Gasteiger partial charge in [0.25, 0.3) is 0 Å². The Morgan fingerprint density at radius 1 is 1.04 bits per heavy atom. The Bertz CT molecular complexity index is 729. The van der Waals surface area contributed by atoms with Crippen molar-refractivity contribution < 1.29 is 48.8 Å². The van der Waals surface area contributed by atoms with Crippen LogP contribution >= 0.6 is 11.6 Å². The van der Waals surface area contributed by atoms with Gasteiger partial charge in [-0.15, -0.1) is 5.69 Å². The molecule has 0 amide bonds. The van der Waals surface area contributed by atoms with Crippen molar-refractivity contribution in [2.24, 2.45) is 0 Å². The summed E-state index contributed by atoms with van der Waals surface area (Å²) in [6.07, 6.45) is 3.24. The second-order valence-corrected chi connectivity index (χ2v) is 6.68. The summed E-state index contributed by atoms with van der Waals surface area (Å²) in [7, 11) is 0. The van der Waals surface area contributed by atoms with Gasteiger partial charge in [0.05, 0.1) is 0 Å². The largest absolute Gasteiger partial charge is 0.699 e. The maximum Gasteiger partial charge on any atom is 0.119 e. The standard InChI is InChI=1S/C21H22ClN2O.Ac/c22-18-6-10-20(11-7-18)25-21-12-15-24(16-13-21)14-2-1-3-17-4-8-19(23)9-5-17;/h4-11,21,23H,2,12-16H2;/q-1;. The fourth-order valence-electron chi connectivity index (χ4n) is 2.89. The first-order valence-electron chi connectivity index (χ1n) is 8.64. The van der Waals surface area contributed by atoms with Gasteiger partial charge < -0.3 is 15.4 Å². The number of nitrogens with zero attached hydrogens (tertiary/aromatic N) is 1.